The third kappa shape index (κ3) is 5.12. The number of nitrogens with zero attached hydrogens (tertiary/aromatic N) is 1. The lowest BCUT2D eigenvalue weighted by atomic mass is 10.1. The van der Waals surface area contributed by atoms with Gasteiger partial charge in [-0.15, -0.1) is 11.3 Å². The van der Waals surface area contributed by atoms with Gasteiger partial charge in [-0.25, -0.2) is 4.98 Å². The van der Waals surface area contributed by atoms with Crippen molar-refractivity contribution in [1.29, 1.82) is 0 Å². The van der Waals surface area contributed by atoms with Gasteiger partial charge in [0.25, 0.3) is 0 Å². The molecule has 1 aromatic carbocycles. The maximum atomic E-state index is 10.2. The van der Waals surface area contributed by atoms with Crippen molar-refractivity contribution in [2.75, 3.05) is 6.54 Å². The topological polar surface area (TPSA) is 54.4 Å². The van der Waals surface area contributed by atoms with E-state index in [1.165, 1.54) is 0 Å². The molecule has 0 aliphatic carbocycles. The summed E-state index contributed by atoms with van der Waals surface area (Å²) in [6.45, 7) is 7.16. The molecular formula is C16H22N2O2S. The average Bonchev–Trinajstić information content (AvgIpc) is 2.84. The van der Waals surface area contributed by atoms with Crippen LogP contribution in [0, 0.1) is 6.92 Å². The normalized spacial score (nSPS) is 12.6. The van der Waals surface area contributed by atoms with Crippen molar-refractivity contribution in [3.05, 3.63) is 45.9 Å². The summed E-state index contributed by atoms with van der Waals surface area (Å²) in [5.74, 6) is 0.826. The van der Waals surface area contributed by atoms with Gasteiger partial charge in [-0.3, -0.25) is 0 Å². The van der Waals surface area contributed by atoms with Crippen molar-refractivity contribution in [1.82, 2.24) is 10.3 Å². The fourth-order valence-electron chi connectivity index (χ4n) is 1.96. The molecule has 1 atom stereocenters. The lowest BCUT2D eigenvalue weighted by molar-refractivity contribution is 0.174. The van der Waals surface area contributed by atoms with Gasteiger partial charge < -0.3 is 15.2 Å². The Morgan fingerprint density at radius 3 is 2.57 bits per heavy atom. The van der Waals surface area contributed by atoms with Gasteiger partial charge in [-0.2, -0.15) is 0 Å². The van der Waals surface area contributed by atoms with Crippen LogP contribution in [0.25, 0.3) is 0 Å². The third-order valence-electron chi connectivity index (χ3n) is 2.92. The monoisotopic (exact) mass is 306 g/mol. The van der Waals surface area contributed by atoms with E-state index in [1.54, 1.807) is 11.3 Å². The van der Waals surface area contributed by atoms with Crippen LogP contribution < -0.4 is 10.1 Å². The van der Waals surface area contributed by atoms with Crippen molar-refractivity contribution in [3.8, 4) is 5.75 Å². The Morgan fingerprint density at radius 2 is 2.00 bits per heavy atom. The van der Waals surface area contributed by atoms with Gasteiger partial charge in [0.05, 0.1) is 12.2 Å². The Hall–Kier alpha value is -1.43. The highest BCUT2D eigenvalue weighted by Crippen LogP contribution is 2.18. The number of aliphatic hydroxyl groups is 1. The maximum absolute atomic E-state index is 10.2. The van der Waals surface area contributed by atoms with E-state index >= 15 is 0 Å². The van der Waals surface area contributed by atoms with Crippen molar-refractivity contribution in [3.63, 3.8) is 0 Å². The number of aliphatic hydroxyl groups excluding tert-OH is 1. The van der Waals surface area contributed by atoms with E-state index in [0.29, 0.717) is 13.1 Å². The first-order chi connectivity index (χ1) is 10.0. The zero-order valence-corrected chi connectivity index (χ0v) is 13.5. The van der Waals surface area contributed by atoms with Crippen molar-refractivity contribution >= 4 is 11.3 Å². The van der Waals surface area contributed by atoms with Crippen LogP contribution in [-0.2, 0) is 6.54 Å². The zero-order valence-electron chi connectivity index (χ0n) is 12.7. The number of rotatable bonds is 7. The Balaban J connectivity index is 1.81. The first-order valence-corrected chi connectivity index (χ1v) is 7.99. The number of nitrogens with one attached hydrogen (secondary N) is 1. The molecule has 0 spiro atoms. The molecule has 0 fully saturated rings. The minimum Gasteiger partial charge on any atom is -0.491 e. The summed E-state index contributed by atoms with van der Waals surface area (Å²) in [6.07, 6.45) is -0.372. The largest absolute Gasteiger partial charge is 0.491 e. The van der Waals surface area contributed by atoms with Crippen molar-refractivity contribution in [2.24, 2.45) is 0 Å². The number of ether oxygens (including phenoxy) is 1. The van der Waals surface area contributed by atoms with E-state index in [4.69, 9.17) is 4.74 Å². The van der Waals surface area contributed by atoms with Gasteiger partial charge in [-0.1, -0.05) is 12.1 Å². The lowest BCUT2D eigenvalue weighted by Crippen LogP contribution is -2.21. The predicted molar refractivity (Wildman–Crippen MR) is 85.7 cm³/mol. The van der Waals surface area contributed by atoms with E-state index in [0.717, 1.165) is 22.0 Å². The minimum atomic E-state index is -0.529. The molecule has 0 radical (unpaired) electrons. The highest BCUT2D eigenvalue weighted by Gasteiger charge is 2.08. The number of hydrogen-bond acceptors (Lipinski definition) is 5. The molecule has 2 aromatic rings. The lowest BCUT2D eigenvalue weighted by Gasteiger charge is -2.13. The predicted octanol–water partition coefficient (Wildman–Crippen LogP) is 3.06. The second kappa shape index (κ2) is 7.54. The summed E-state index contributed by atoms with van der Waals surface area (Å²) >= 11 is 1.63. The molecular weight excluding hydrogens is 284 g/mol. The second-order valence-electron chi connectivity index (χ2n) is 5.26. The SMILES string of the molecule is Cc1csc(CNCC(O)c2ccc(OC(C)C)cc2)n1. The van der Waals surface area contributed by atoms with Gasteiger partial charge >= 0.3 is 0 Å². The van der Waals surface area contributed by atoms with Gasteiger partial charge in [0.2, 0.25) is 0 Å². The van der Waals surface area contributed by atoms with Gasteiger partial charge in [0.15, 0.2) is 0 Å². The third-order valence-corrected chi connectivity index (χ3v) is 3.88. The molecule has 1 unspecified atom stereocenters. The summed E-state index contributed by atoms with van der Waals surface area (Å²) < 4.78 is 5.59. The molecule has 0 saturated carbocycles. The van der Waals surface area contributed by atoms with Crippen LogP contribution in [-0.4, -0.2) is 22.7 Å². The summed E-state index contributed by atoms with van der Waals surface area (Å²) in [5, 5.41) is 16.5. The molecule has 2 rings (SSSR count). The van der Waals surface area contributed by atoms with Crippen molar-refractivity contribution in [2.45, 2.75) is 39.5 Å². The fraction of sp³-hybridized carbons (Fsp3) is 0.438. The van der Waals surface area contributed by atoms with Crippen molar-refractivity contribution < 1.29 is 9.84 Å². The van der Waals surface area contributed by atoms with E-state index in [1.807, 2.05) is 50.4 Å². The van der Waals surface area contributed by atoms with E-state index < -0.39 is 6.10 Å². The summed E-state index contributed by atoms with van der Waals surface area (Å²) in [5.41, 5.74) is 1.92. The Kier molecular flexibility index (Phi) is 5.73. The van der Waals surface area contributed by atoms with Crippen LogP contribution in [0.1, 0.15) is 36.2 Å². The van der Waals surface area contributed by atoms with Crippen LogP contribution >= 0.6 is 11.3 Å². The molecule has 1 aromatic heterocycles. The minimum absolute atomic E-state index is 0.157. The second-order valence-corrected chi connectivity index (χ2v) is 6.21. The number of aromatic nitrogens is 1. The van der Waals surface area contributed by atoms with Crippen LogP contribution in [0.15, 0.2) is 29.6 Å². The van der Waals surface area contributed by atoms with Crippen LogP contribution in [0.3, 0.4) is 0 Å². The Labute approximate surface area is 129 Å². The summed E-state index contributed by atoms with van der Waals surface area (Å²) in [6, 6.07) is 7.58. The molecule has 114 valence electrons. The molecule has 4 nitrogen and oxygen atoms in total. The molecule has 2 N–H and O–H groups in total. The average molecular weight is 306 g/mol. The molecule has 0 aliphatic rings. The molecule has 5 heteroatoms. The van der Waals surface area contributed by atoms with Gasteiger partial charge in [0.1, 0.15) is 10.8 Å². The summed E-state index contributed by atoms with van der Waals surface area (Å²) in [4.78, 5) is 4.38. The fourth-order valence-corrected chi connectivity index (χ4v) is 2.70. The van der Waals surface area contributed by atoms with Gasteiger partial charge in [-0.05, 0) is 38.5 Å². The number of hydrogen-bond donors (Lipinski definition) is 2. The molecule has 21 heavy (non-hydrogen) atoms. The van der Waals surface area contributed by atoms with Crippen LogP contribution in [0.4, 0.5) is 0 Å². The van der Waals surface area contributed by atoms with E-state index in [9.17, 15) is 5.11 Å². The molecule has 0 aliphatic heterocycles. The number of benzene rings is 1. The first-order valence-electron chi connectivity index (χ1n) is 7.11. The highest BCUT2D eigenvalue weighted by atomic mass is 32.1. The smallest absolute Gasteiger partial charge is 0.119 e. The Bertz CT molecular complexity index is 552. The van der Waals surface area contributed by atoms with Crippen LogP contribution in [0.2, 0.25) is 0 Å². The number of thiazole rings is 1. The number of aryl methyl sites for hydroxylation is 1. The molecule has 0 saturated heterocycles. The highest BCUT2D eigenvalue weighted by molar-refractivity contribution is 7.09. The van der Waals surface area contributed by atoms with Crippen LogP contribution in [0.5, 0.6) is 5.75 Å². The summed E-state index contributed by atoms with van der Waals surface area (Å²) in [7, 11) is 0. The zero-order chi connectivity index (χ0) is 15.2. The Morgan fingerprint density at radius 1 is 1.29 bits per heavy atom. The first kappa shape index (κ1) is 15.9. The quantitative estimate of drug-likeness (QED) is 0.825. The standard InChI is InChI=1S/C16H22N2O2S/c1-11(2)20-14-6-4-13(5-7-14)15(19)8-17-9-16-18-12(3)10-21-16/h4-7,10-11,15,17,19H,8-9H2,1-3H3. The molecule has 0 bridgehead atoms. The van der Waals surface area contributed by atoms with E-state index in [2.05, 4.69) is 10.3 Å². The molecule has 1 heterocycles. The molecule has 0 amide bonds. The maximum Gasteiger partial charge on any atom is 0.119 e. The van der Waals surface area contributed by atoms with E-state index in [-0.39, 0.29) is 6.10 Å². The van der Waals surface area contributed by atoms with Gasteiger partial charge in [0, 0.05) is 24.2 Å².